The molecule has 2 amide bonds. The highest BCUT2D eigenvalue weighted by atomic mass is 32.1. The number of anilines is 2. The summed E-state index contributed by atoms with van der Waals surface area (Å²) in [5.41, 5.74) is 2.31. The number of para-hydroxylation sites is 1. The van der Waals surface area contributed by atoms with Crippen molar-refractivity contribution in [3.05, 3.63) is 40.9 Å². The van der Waals surface area contributed by atoms with Gasteiger partial charge in [-0.2, -0.15) is 0 Å². The Morgan fingerprint density at radius 2 is 2.10 bits per heavy atom. The van der Waals surface area contributed by atoms with Crippen LogP contribution in [0.2, 0.25) is 0 Å². The van der Waals surface area contributed by atoms with Crippen LogP contribution in [0.15, 0.2) is 29.6 Å². The van der Waals surface area contributed by atoms with Crippen molar-refractivity contribution in [2.24, 2.45) is 0 Å². The average Bonchev–Trinajstić information content (AvgIpc) is 3.14. The molecule has 1 unspecified atom stereocenters. The molecule has 1 aromatic carbocycles. The quantitative estimate of drug-likeness (QED) is 0.637. The third-order valence-electron chi connectivity index (χ3n) is 4.34. The summed E-state index contributed by atoms with van der Waals surface area (Å²) < 4.78 is 9.97. The molecule has 1 aliphatic rings. The molecule has 1 aliphatic heterocycles. The largest absolute Gasteiger partial charge is 0.383 e. The Bertz CT molecular complexity index is 792. The smallest absolute Gasteiger partial charge is 0.275 e. The zero-order valence-corrected chi connectivity index (χ0v) is 18.0. The van der Waals surface area contributed by atoms with E-state index >= 15 is 0 Å². The molecular formula is C20H28N4O4S. The van der Waals surface area contributed by atoms with Crippen molar-refractivity contribution in [3.8, 4) is 0 Å². The Kier molecular flexibility index (Phi) is 9.04. The summed E-state index contributed by atoms with van der Waals surface area (Å²) >= 11 is 1.49. The SMILES string of the molecule is COC1CN(c2nc(C(=O)Nc3ccccc3C)cs2)C1.COCC(C)NC=O. The number of methoxy groups -OCH3 is 2. The van der Waals surface area contributed by atoms with E-state index in [1.54, 1.807) is 19.6 Å². The number of benzene rings is 1. The molecule has 158 valence electrons. The summed E-state index contributed by atoms with van der Waals surface area (Å²) in [5, 5.41) is 8.11. The van der Waals surface area contributed by atoms with Gasteiger partial charge in [0.05, 0.1) is 12.7 Å². The van der Waals surface area contributed by atoms with E-state index in [1.165, 1.54) is 11.3 Å². The maximum atomic E-state index is 12.2. The maximum absolute atomic E-state index is 12.2. The number of nitrogens with one attached hydrogen (secondary N) is 2. The topological polar surface area (TPSA) is 92.8 Å². The molecule has 0 spiro atoms. The lowest BCUT2D eigenvalue weighted by Gasteiger charge is -2.37. The summed E-state index contributed by atoms with van der Waals surface area (Å²) in [6.07, 6.45) is 0.946. The molecule has 2 aromatic rings. The number of hydrogen-bond donors (Lipinski definition) is 2. The summed E-state index contributed by atoms with van der Waals surface area (Å²) in [4.78, 5) is 28.5. The Morgan fingerprint density at radius 3 is 2.72 bits per heavy atom. The highest BCUT2D eigenvalue weighted by Crippen LogP contribution is 2.26. The maximum Gasteiger partial charge on any atom is 0.275 e. The molecule has 1 fully saturated rings. The van der Waals surface area contributed by atoms with Gasteiger partial charge in [-0.1, -0.05) is 18.2 Å². The molecular weight excluding hydrogens is 392 g/mol. The number of thiazole rings is 1. The van der Waals surface area contributed by atoms with Crippen LogP contribution in [0.25, 0.3) is 0 Å². The summed E-state index contributed by atoms with van der Waals surface area (Å²) in [6, 6.07) is 7.83. The minimum atomic E-state index is -0.171. The number of carbonyl (C=O) groups excluding carboxylic acids is 2. The fourth-order valence-corrected chi connectivity index (χ4v) is 3.40. The van der Waals surface area contributed by atoms with Gasteiger partial charge in [-0.25, -0.2) is 4.98 Å². The third-order valence-corrected chi connectivity index (χ3v) is 5.24. The summed E-state index contributed by atoms with van der Waals surface area (Å²) in [7, 11) is 3.31. The van der Waals surface area contributed by atoms with Crippen LogP contribution in [0.5, 0.6) is 0 Å². The van der Waals surface area contributed by atoms with Gasteiger partial charge < -0.3 is 25.0 Å². The number of aryl methyl sites for hydroxylation is 1. The van der Waals surface area contributed by atoms with E-state index in [0.29, 0.717) is 18.7 Å². The van der Waals surface area contributed by atoms with Crippen LogP contribution < -0.4 is 15.5 Å². The molecule has 3 rings (SSSR count). The van der Waals surface area contributed by atoms with Crippen LogP contribution in [0.4, 0.5) is 10.8 Å². The Balaban J connectivity index is 0.000000321. The first kappa shape index (κ1) is 22.8. The molecule has 2 heterocycles. The fraction of sp³-hybridized carbons (Fsp3) is 0.450. The van der Waals surface area contributed by atoms with Crippen molar-refractivity contribution in [2.45, 2.75) is 26.0 Å². The lowest BCUT2D eigenvalue weighted by atomic mass is 10.2. The molecule has 0 bridgehead atoms. The average molecular weight is 421 g/mol. The van der Waals surface area contributed by atoms with Gasteiger partial charge in [0.25, 0.3) is 5.91 Å². The van der Waals surface area contributed by atoms with E-state index in [0.717, 1.165) is 29.5 Å². The number of aromatic nitrogens is 1. The molecule has 0 saturated carbocycles. The third kappa shape index (κ3) is 6.81. The number of nitrogens with zero attached hydrogens (tertiary/aromatic N) is 2. The van der Waals surface area contributed by atoms with Crippen LogP contribution in [-0.2, 0) is 14.3 Å². The second-order valence-electron chi connectivity index (χ2n) is 6.69. The highest BCUT2D eigenvalue weighted by Gasteiger charge is 2.29. The zero-order valence-electron chi connectivity index (χ0n) is 17.2. The molecule has 2 N–H and O–H groups in total. The van der Waals surface area contributed by atoms with Crippen molar-refractivity contribution in [2.75, 3.05) is 44.1 Å². The number of carbonyl (C=O) groups is 2. The molecule has 0 aliphatic carbocycles. The lowest BCUT2D eigenvalue weighted by molar-refractivity contribution is -0.110. The second-order valence-corrected chi connectivity index (χ2v) is 7.52. The van der Waals surface area contributed by atoms with E-state index in [1.807, 2.05) is 38.1 Å². The van der Waals surface area contributed by atoms with Crippen molar-refractivity contribution >= 4 is 34.5 Å². The van der Waals surface area contributed by atoms with Gasteiger partial charge in [-0.05, 0) is 25.5 Å². The van der Waals surface area contributed by atoms with Gasteiger partial charge >= 0.3 is 0 Å². The van der Waals surface area contributed by atoms with Gasteiger partial charge in [-0.3, -0.25) is 9.59 Å². The Hall–Kier alpha value is -2.49. The van der Waals surface area contributed by atoms with Crippen LogP contribution in [-0.4, -0.2) is 63.4 Å². The van der Waals surface area contributed by atoms with Gasteiger partial charge in [0.15, 0.2) is 5.13 Å². The van der Waals surface area contributed by atoms with Crippen LogP contribution in [0.3, 0.4) is 0 Å². The van der Waals surface area contributed by atoms with E-state index in [-0.39, 0.29) is 18.1 Å². The van der Waals surface area contributed by atoms with E-state index in [9.17, 15) is 9.59 Å². The standard InChI is InChI=1S/C15H17N3O2S.C5H11NO2/c1-10-5-3-4-6-12(10)16-14(19)13-9-21-15(17-13)18-7-11(8-18)20-2;1-5(3-8-2)6-4-7/h3-6,9,11H,7-8H2,1-2H3,(H,16,19);4-5H,3H2,1-2H3,(H,6,7). The predicted octanol–water partition coefficient (Wildman–Crippen LogP) is 2.31. The first-order valence-electron chi connectivity index (χ1n) is 9.27. The van der Waals surface area contributed by atoms with Crippen LogP contribution in [0.1, 0.15) is 23.0 Å². The van der Waals surface area contributed by atoms with Crippen molar-refractivity contribution in [1.29, 1.82) is 0 Å². The minimum absolute atomic E-state index is 0.123. The van der Waals surface area contributed by atoms with Crippen LogP contribution in [0, 0.1) is 6.92 Å². The van der Waals surface area contributed by atoms with E-state index in [2.05, 4.69) is 20.5 Å². The first-order chi connectivity index (χ1) is 14.0. The normalized spacial score (nSPS) is 14.3. The molecule has 29 heavy (non-hydrogen) atoms. The minimum Gasteiger partial charge on any atom is -0.383 e. The first-order valence-corrected chi connectivity index (χ1v) is 10.1. The van der Waals surface area contributed by atoms with Gasteiger partial charge in [-0.15, -0.1) is 11.3 Å². The van der Waals surface area contributed by atoms with E-state index in [4.69, 9.17) is 9.47 Å². The molecule has 0 radical (unpaired) electrons. The van der Waals surface area contributed by atoms with Gasteiger partial charge in [0.1, 0.15) is 5.69 Å². The molecule has 1 aromatic heterocycles. The monoisotopic (exact) mass is 420 g/mol. The van der Waals surface area contributed by atoms with E-state index < -0.39 is 0 Å². The number of hydrogen-bond acceptors (Lipinski definition) is 7. The lowest BCUT2D eigenvalue weighted by Crippen LogP contribution is -2.51. The highest BCUT2D eigenvalue weighted by molar-refractivity contribution is 7.14. The predicted molar refractivity (Wildman–Crippen MR) is 115 cm³/mol. The second kappa shape index (κ2) is 11.5. The van der Waals surface area contributed by atoms with Crippen molar-refractivity contribution in [1.82, 2.24) is 10.3 Å². The van der Waals surface area contributed by atoms with Gasteiger partial charge in [0, 0.05) is 44.4 Å². The summed E-state index contributed by atoms with van der Waals surface area (Å²) in [5.74, 6) is -0.171. The van der Waals surface area contributed by atoms with Crippen molar-refractivity contribution < 1.29 is 19.1 Å². The Labute approximate surface area is 175 Å². The molecule has 1 saturated heterocycles. The fourth-order valence-electron chi connectivity index (χ4n) is 2.57. The van der Waals surface area contributed by atoms with Gasteiger partial charge in [0.2, 0.25) is 6.41 Å². The Morgan fingerprint density at radius 1 is 1.38 bits per heavy atom. The molecule has 8 nitrogen and oxygen atoms in total. The number of amides is 2. The number of ether oxygens (including phenoxy) is 2. The number of rotatable bonds is 8. The van der Waals surface area contributed by atoms with Crippen molar-refractivity contribution in [3.63, 3.8) is 0 Å². The molecule has 1 atom stereocenters. The summed E-state index contributed by atoms with van der Waals surface area (Å²) in [6.45, 7) is 6.08. The molecule has 9 heteroatoms. The van der Waals surface area contributed by atoms with Crippen LogP contribution >= 0.6 is 11.3 Å². The zero-order chi connectivity index (χ0) is 21.2.